The predicted molar refractivity (Wildman–Crippen MR) is 138 cm³/mol. The number of likely N-dealkylation sites (tertiary alicyclic amines) is 1. The average molecular weight is 482 g/mol. The summed E-state index contributed by atoms with van der Waals surface area (Å²) in [6.07, 6.45) is 11.2. The number of nitrogens with one attached hydrogen (secondary N) is 1. The van der Waals surface area contributed by atoms with E-state index >= 15 is 0 Å². The summed E-state index contributed by atoms with van der Waals surface area (Å²) in [5, 5.41) is 2.79. The zero-order chi connectivity index (χ0) is 25.1. The van der Waals surface area contributed by atoms with Gasteiger partial charge in [-0.05, 0) is 56.5 Å². The number of fused-ring (bicyclic) bond motifs is 1. The molecule has 0 saturated carbocycles. The van der Waals surface area contributed by atoms with Crippen molar-refractivity contribution in [3.63, 3.8) is 0 Å². The number of nitrogen functional groups attached to an aromatic ring is 1. The SMILES string of the molecule is CC=CC(=O)N1CCCC[C@H]1c1nc(-c2ccc(C(=O)Nc3ccccn3)cc2)c2c(N)nccn12. The van der Waals surface area contributed by atoms with Crippen LogP contribution in [0.2, 0.25) is 0 Å². The van der Waals surface area contributed by atoms with E-state index in [1.807, 2.05) is 40.6 Å². The lowest BCUT2D eigenvalue weighted by Crippen LogP contribution is -2.38. The number of rotatable bonds is 5. The van der Waals surface area contributed by atoms with Crippen LogP contribution in [0, 0.1) is 0 Å². The Hall–Kier alpha value is -4.53. The molecule has 0 radical (unpaired) electrons. The van der Waals surface area contributed by atoms with Crippen molar-refractivity contribution >= 4 is 29.0 Å². The smallest absolute Gasteiger partial charge is 0.256 e. The minimum atomic E-state index is -0.253. The van der Waals surface area contributed by atoms with Crippen molar-refractivity contribution in [3.8, 4) is 11.3 Å². The molecule has 4 aromatic rings. The second-order valence-corrected chi connectivity index (χ2v) is 8.64. The highest BCUT2D eigenvalue weighted by Crippen LogP contribution is 2.36. The summed E-state index contributed by atoms with van der Waals surface area (Å²) in [6.45, 7) is 2.52. The van der Waals surface area contributed by atoms with Gasteiger partial charge in [0.25, 0.3) is 5.91 Å². The Labute approximate surface area is 208 Å². The number of aromatic nitrogens is 4. The van der Waals surface area contributed by atoms with Crippen LogP contribution in [0.25, 0.3) is 16.8 Å². The number of nitrogens with two attached hydrogens (primary N) is 1. The highest BCUT2D eigenvalue weighted by molar-refractivity contribution is 6.04. The third-order valence-corrected chi connectivity index (χ3v) is 6.33. The van der Waals surface area contributed by atoms with E-state index in [1.165, 1.54) is 0 Å². The van der Waals surface area contributed by atoms with Crippen LogP contribution in [0.5, 0.6) is 0 Å². The highest BCUT2D eigenvalue weighted by Gasteiger charge is 2.31. The Kier molecular flexibility index (Phi) is 6.44. The number of pyridine rings is 1. The molecule has 9 heteroatoms. The van der Waals surface area contributed by atoms with Gasteiger partial charge in [0.2, 0.25) is 5.91 Å². The lowest BCUT2D eigenvalue weighted by Gasteiger charge is -2.34. The number of carbonyl (C=O) groups excluding carboxylic acids is 2. The van der Waals surface area contributed by atoms with E-state index in [4.69, 9.17) is 10.7 Å². The first-order valence-corrected chi connectivity index (χ1v) is 12.0. The van der Waals surface area contributed by atoms with Crippen molar-refractivity contribution in [2.24, 2.45) is 0 Å². The molecule has 0 spiro atoms. The first kappa shape index (κ1) is 23.2. The monoisotopic (exact) mass is 481 g/mol. The van der Waals surface area contributed by atoms with Gasteiger partial charge < -0.3 is 16.0 Å². The lowest BCUT2D eigenvalue weighted by atomic mass is 10.0. The molecule has 182 valence electrons. The fourth-order valence-electron chi connectivity index (χ4n) is 4.63. The van der Waals surface area contributed by atoms with E-state index in [0.29, 0.717) is 35.0 Å². The van der Waals surface area contributed by atoms with Crippen molar-refractivity contribution in [1.29, 1.82) is 0 Å². The number of hydrogen-bond donors (Lipinski definition) is 2. The van der Waals surface area contributed by atoms with Gasteiger partial charge in [-0.2, -0.15) is 0 Å². The van der Waals surface area contributed by atoms with E-state index < -0.39 is 0 Å². The van der Waals surface area contributed by atoms with E-state index in [1.54, 1.807) is 48.8 Å². The normalized spacial score (nSPS) is 15.9. The predicted octanol–water partition coefficient (Wildman–Crippen LogP) is 4.26. The summed E-state index contributed by atoms with van der Waals surface area (Å²) < 4.78 is 1.94. The standard InChI is InChI=1S/C27H27N7O2/c1-2-7-22(35)33-16-6-4-8-20(33)26-32-23(24-25(28)30-15-17-34(24)26)18-10-12-19(13-11-18)27(36)31-21-9-3-5-14-29-21/h2-3,5,7,9-15,17,20H,4,6,8,16H2,1H3,(H2,28,30)(H,29,31,36)/t20-/m0/s1. The summed E-state index contributed by atoms with van der Waals surface area (Å²) in [5.41, 5.74) is 8.95. The van der Waals surface area contributed by atoms with E-state index in [2.05, 4.69) is 15.3 Å². The molecule has 4 heterocycles. The molecule has 1 fully saturated rings. The summed E-state index contributed by atoms with van der Waals surface area (Å²) in [4.78, 5) is 40.8. The van der Waals surface area contributed by atoms with Crippen LogP contribution in [0.15, 0.2) is 73.2 Å². The van der Waals surface area contributed by atoms with Crippen LogP contribution in [0.3, 0.4) is 0 Å². The third-order valence-electron chi connectivity index (χ3n) is 6.33. The summed E-state index contributed by atoms with van der Waals surface area (Å²) in [5.74, 6) is 1.32. The second kappa shape index (κ2) is 9.99. The minimum absolute atomic E-state index is 0.0224. The van der Waals surface area contributed by atoms with Gasteiger partial charge in [-0.15, -0.1) is 0 Å². The summed E-state index contributed by atoms with van der Waals surface area (Å²) in [6, 6.07) is 12.3. The maximum atomic E-state index is 12.8. The van der Waals surface area contributed by atoms with Gasteiger partial charge in [-0.25, -0.2) is 15.0 Å². The Morgan fingerprint density at radius 1 is 1.08 bits per heavy atom. The van der Waals surface area contributed by atoms with Gasteiger partial charge in [-0.3, -0.25) is 14.0 Å². The number of piperidine rings is 1. The largest absolute Gasteiger partial charge is 0.382 e. The van der Waals surface area contributed by atoms with Crippen LogP contribution in [0.1, 0.15) is 48.4 Å². The lowest BCUT2D eigenvalue weighted by molar-refractivity contribution is -0.129. The zero-order valence-electron chi connectivity index (χ0n) is 20.0. The highest BCUT2D eigenvalue weighted by atomic mass is 16.2. The van der Waals surface area contributed by atoms with Crippen molar-refractivity contribution in [3.05, 3.63) is 84.6 Å². The molecule has 1 aromatic carbocycles. The minimum Gasteiger partial charge on any atom is -0.382 e. The van der Waals surface area contributed by atoms with E-state index in [9.17, 15) is 9.59 Å². The first-order chi connectivity index (χ1) is 17.6. The molecule has 36 heavy (non-hydrogen) atoms. The maximum Gasteiger partial charge on any atom is 0.256 e. The van der Waals surface area contributed by atoms with Gasteiger partial charge in [-0.1, -0.05) is 24.3 Å². The van der Waals surface area contributed by atoms with Gasteiger partial charge in [0.1, 0.15) is 28.7 Å². The second-order valence-electron chi connectivity index (χ2n) is 8.64. The fraction of sp³-hybridized carbons (Fsp3) is 0.222. The number of nitrogens with zero attached hydrogens (tertiary/aromatic N) is 5. The van der Waals surface area contributed by atoms with Crippen LogP contribution < -0.4 is 11.1 Å². The number of benzene rings is 1. The van der Waals surface area contributed by atoms with Crippen LogP contribution in [-0.4, -0.2) is 42.6 Å². The molecule has 0 bridgehead atoms. The number of imidazole rings is 1. The topological polar surface area (TPSA) is 119 Å². The first-order valence-electron chi connectivity index (χ1n) is 12.0. The van der Waals surface area contributed by atoms with Gasteiger partial charge in [0.15, 0.2) is 0 Å². The summed E-state index contributed by atoms with van der Waals surface area (Å²) in [7, 11) is 0. The van der Waals surface area contributed by atoms with E-state index in [0.717, 1.165) is 30.7 Å². The Morgan fingerprint density at radius 2 is 1.92 bits per heavy atom. The molecule has 0 aliphatic carbocycles. The van der Waals surface area contributed by atoms with Crippen LogP contribution in [0.4, 0.5) is 11.6 Å². The van der Waals surface area contributed by atoms with Crippen molar-refractivity contribution < 1.29 is 9.59 Å². The quantitative estimate of drug-likeness (QED) is 0.411. The van der Waals surface area contributed by atoms with Crippen LogP contribution >= 0.6 is 0 Å². The molecule has 5 rings (SSSR count). The molecule has 9 nitrogen and oxygen atoms in total. The number of carbonyl (C=O) groups is 2. The number of anilines is 2. The number of allylic oxidation sites excluding steroid dienone is 1. The molecular weight excluding hydrogens is 454 g/mol. The molecule has 1 aliphatic heterocycles. The molecule has 3 N–H and O–H groups in total. The van der Waals surface area contributed by atoms with Crippen molar-refractivity contribution in [2.45, 2.75) is 32.2 Å². The molecule has 3 aromatic heterocycles. The van der Waals surface area contributed by atoms with Gasteiger partial charge >= 0.3 is 0 Å². The third kappa shape index (κ3) is 4.43. The van der Waals surface area contributed by atoms with Crippen LogP contribution in [-0.2, 0) is 4.79 Å². The molecule has 0 unspecified atom stereocenters. The zero-order valence-corrected chi connectivity index (χ0v) is 20.0. The molecule has 2 amide bonds. The Morgan fingerprint density at radius 3 is 2.67 bits per heavy atom. The van der Waals surface area contributed by atoms with Crippen molar-refractivity contribution in [2.75, 3.05) is 17.6 Å². The Balaban J connectivity index is 1.51. The number of hydrogen-bond acceptors (Lipinski definition) is 6. The molecular formula is C27H27N7O2. The van der Waals surface area contributed by atoms with Crippen molar-refractivity contribution in [1.82, 2.24) is 24.3 Å². The molecule has 1 atom stereocenters. The Bertz CT molecular complexity index is 1430. The van der Waals surface area contributed by atoms with E-state index in [-0.39, 0.29) is 17.9 Å². The summed E-state index contributed by atoms with van der Waals surface area (Å²) >= 11 is 0. The number of amides is 2. The maximum absolute atomic E-state index is 12.8. The molecule has 1 aliphatic rings. The fourth-order valence-corrected chi connectivity index (χ4v) is 4.63. The molecule has 1 saturated heterocycles. The average Bonchev–Trinajstić information content (AvgIpc) is 3.30. The van der Waals surface area contributed by atoms with Gasteiger partial charge in [0.05, 0.1) is 6.04 Å². The van der Waals surface area contributed by atoms with Gasteiger partial charge in [0, 0.05) is 36.3 Å².